The first-order valence-corrected chi connectivity index (χ1v) is 9.49. The topological polar surface area (TPSA) is 85.6 Å². The highest BCUT2D eigenvalue weighted by Gasteiger charge is 2.30. The lowest BCUT2D eigenvalue weighted by Crippen LogP contribution is -2.14. The van der Waals surface area contributed by atoms with Crippen molar-refractivity contribution in [2.24, 2.45) is 0 Å². The maximum absolute atomic E-state index is 12.7. The molecule has 2 heterocycles. The molecule has 4 rings (SSSR count). The maximum Gasteiger partial charge on any atom is 0.416 e. The fraction of sp³-hybridized carbons (Fsp3) is 0.105. The van der Waals surface area contributed by atoms with Crippen LogP contribution >= 0.6 is 11.3 Å². The molecule has 30 heavy (non-hydrogen) atoms. The summed E-state index contributed by atoms with van der Waals surface area (Å²) in [7, 11) is 0. The van der Waals surface area contributed by atoms with Crippen molar-refractivity contribution in [3.05, 3.63) is 70.3 Å². The van der Waals surface area contributed by atoms with Gasteiger partial charge in [-0.25, -0.2) is 4.98 Å². The van der Waals surface area contributed by atoms with Crippen LogP contribution < -0.4 is 5.32 Å². The molecule has 7 nitrogen and oxygen atoms in total. The Labute approximate surface area is 172 Å². The van der Waals surface area contributed by atoms with Crippen LogP contribution in [-0.4, -0.2) is 31.1 Å². The molecule has 4 aromatic rings. The summed E-state index contributed by atoms with van der Waals surface area (Å²) in [4.78, 5) is 17.8. The first-order chi connectivity index (χ1) is 14.3. The molecular weight excluding hydrogens is 417 g/mol. The minimum Gasteiger partial charge on any atom is -0.319 e. The van der Waals surface area contributed by atoms with Crippen molar-refractivity contribution in [1.82, 2.24) is 25.2 Å². The van der Waals surface area contributed by atoms with Crippen LogP contribution in [0.2, 0.25) is 0 Å². The second-order valence-corrected chi connectivity index (χ2v) is 7.30. The quantitative estimate of drug-likeness (QED) is 0.520. The summed E-state index contributed by atoms with van der Waals surface area (Å²) >= 11 is 1.53. The third-order valence-electron chi connectivity index (χ3n) is 4.08. The summed E-state index contributed by atoms with van der Waals surface area (Å²) in [6.45, 7) is 1.91. The minimum absolute atomic E-state index is 0.218. The summed E-state index contributed by atoms with van der Waals surface area (Å²) in [5.41, 5.74) is 1.63. The molecule has 1 amide bonds. The van der Waals surface area contributed by atoms with E-state index in [1.54, 1.807) is 18.2 Å². The standard InChI is InChI=1S/C19H13F3N6OS/c1-11-23-16(10-30-11)12-3-2-4-14(9-12)24-18(29)17-25-27-28(26-17)15-7-5-13(6-8-15)19(20,21)22/h2-10H,1H3,(H,24,29). The lowest BCUT2D eigenvalue weighted by atomic mass is 10.1. The van der Waals surface area contributed by atoms with Gasteiger partial charge in [0.15, 0.2) is 0 Å². The summed E-state index contributed by atoms with van der Waals surface area (Å²) < 4.78 is 38.0. The van der Waals surface area contributed by atoms with Crippen LogP contribution in [0.4, 0.5) is 18.9 Å². The third kappa shape index (κ3) is 4.20. The van der Waals surface area contributed by atoms with Crippen LogP contribution in [0.15, 0.2) is 53.9 Å². The number of rotatable bonds is 4. The van der Waals surface area contributed by atoms with Gasteiger partial charge in [0.25, 0.3) is 11.7 Å². The monoisotopic (exact) mass is 430 g/mol. The first kappa shape index (κ1) is 19.7. The molecule has 1 N–H and O–H groups in total. The molecule has 0 aliphatic carbocycles. The highest BCUT2D eigenvalue weighted by molar-refractivity contribution is 7.09. The van der Waals surface area contributed by atoms with Crippen molar-refractivity contribution in [2.75, 3.05) is 5.32 Å². The largest absolute Gasteiger partial charge is 0.416 e. The number of aromatic nitrogens is 5. The van der Waals surface area contributed by atoms with Crippen molar-refractivity contribution in [3.63, 3.8) is 0 Å². The number of amides is 1. The Kier molecular flexibility index (Phi) is 5.04. The van der Waals surface area contributed by atoms with Gasteiger partial charge in [0.2, 0.25) is 0 Å². The molecule has 2 aromatic heterocycles. The Morgan fingerprint density at radius 1 is 1.13 bits per heavy atom. The van der Waals surface area contributed by atoms with E-state index < -0.39 is 17.6 Å². The van der Waals surface area contributed by atoms with E-state index in [-0.39, 0.29) is 11.5 Å². The molecular formula is C19H13F3N6OS. The van der Waals surface area contributed by atoms with Crippen LogP contribution in [-0.2, 0) is 6.18 Å². The second kappa shape index (κ2) is 7.67. The predicted molar refractivity (Wildman–Crippen MR) is 104 cm³/mol. The Hall–Kier alpha value is -3.60. The van der Waals surface area contributed by atoms with Crippen molar-refractivity contribution in [2.45, 2.75) is 13.1 Å². The number of tetrazole rings is 1. The zero-order valence-electron chi connectivity index (χ0n) is 15.4. The molecule has 0 saturated heterocycles. The number of hydrogen-bond acceptors (Lipinski definition) is 6. The van der Waals surface area contributed by atoms with E-state index in [1.807, 2.05) is 18.4 Å². The Morgan fingerprint density at radius 3 is 2.57 bits per heavy atom. The second-order valence-electron chi connectivity index (χ2n) is 6.23. The van der Waals surface area contributed by atoms with Gasteiger partial charge in [0, 0.05) is 16.6 Å². The molecule has 2 aromatic carbocycles. The highest BCUT2D eigenvalue weighted by atomic mass is 32.1. The van der Waals surface area contributed by atoms with Gasteiger partial charge in [-0.1, -0.05) is 12.1 Å². The van der Waals surface area contributed by atoms with Crippen LogP contribution in [0, 0.1) is 6.92 Å². The fourth-order valence-corrected chi connectivity index (χ4v) is 3.26. The third-order valence-corrected chi connectivity index (χ3v) is 4.85. The summed E-state index contributed by atoms with van der Waals surface area (Å²) in [6.07, 6.45) is -4.44. The number of carbonyl (C=O) groups excluding carboxylic acids is 1. The van der Waals surface area contributed by atoms with Gasteiger partial charge in [-0.15, -0.1) is 26.3 Å². The zero-order chi connectivity index (χ0) is 21.3. The number of anilines is 1. The predicted octanol–water partition coefficient (Wildman–Crippen LogP) is 4.37. The van der Waals surface area contributed by atoms with Crippen LogP contribution in [0.1, 0.15) is 21.2 Å². The molecule has 0 unspecified atom stereocenters. The zero-order valence-corrected chi connectivity index (χ0v) is 16.2. The molecule has 0 aliphatic rings. The number of nitrogens with zero attached hydrogens (tertiary/aromatic N) is 5. The SMILES string of the molecule is Cc1nc(-c2cccc(NC(=O)c3nnn(-c4ccc(C(F)(F)F)cc4)n3)c2)cs1. The van der Waals surface area contributed by atoms with Gasteiger partial charge >= 0.3 is 6.18 Å². The normalized spacial score (nSPS) is 11.5. The van der Waals surface area contributed by atoms with Crippen molar-refractivity contribution < 1.29 is 18.0 Å². The molecule has 0 bridgehead atoms. The lowest BCUT2D eigenvalue weighted by Gasteiger charge is -2.06. The fourth-order valence-electron chi connectivity index (χ4n) is 2.64. The number of thiazole rings is 1. The van der Waals surface area contributed by atoms with E-state index in [2.05, 4.69) is 25.7 Å². The van der Waals surface area contributed by atoms with Crippen LogP contribution in [0.3, 0.4) is 0 Å². The number of alkyl halides is 3. The van der Waals surface area contributed by atoms with E-state index in [9.17, 15) is 18.0 Å². The van der Waals surface area contributed by atoms with Gasteiger partial charge in [0.1, 0.15) is 0 Å². The summed E-state index contributed by atoms with van der Waals surface area (Å²) in [6, 6.07) is 11.4. The highest BCUT2D eigenvalue weighted by Crippen LogP contribution is 2.29. The minimum atomic E-state index is -4.44. The molecule has 11 heteroatoms. The van der Waals surface area contributed by atoms with E-state index >= 15 is 0 Å². The molecule has 0 aliphatic heterocycles. The Bertz CT molecular complexity index is 1200. The summed E-state index contributed by atoms with van der Waals surface area (Å²) in [5.74, 6) is -0.815. The first-order valence-electron chi connectivity index (χ1n) is 8.61. The van der Waals surface area contributed by atoms with E-state index in [4.69, 9.17) is 0 Å². The molecule has 152 valence electrons. The number of halogens is 3. The van der Waals surface area contributed by atoms with Crippen molar-refractivity contribution >= 4 is 22.9 Å². The van der Waals surface area contributed by atoms with Crippen LogP contribution in [0.25, 0.3) is 16.9 Å². The Balaban J connectivity index is 1.50. The number of carbonyl (C=O) groups is 1. The smallest absolute Gasteiger partial charge is 0.319 e. The van der Waals surface area contributed by atoms with Gasteiger partial charge in [0.05, 0.1) is 22.0 Å². The number of benzene rings is 2. The maximum atomic E-state index is 12.7. The van der Waals surface area contributed by atoms with E-state index in [0.29, 0.717) is 5.69 Å². The van der Waals surface area contributed by atoms with Gasteiger partial charge in [-0.3, -0.25) is 4.79 Å². The molecule has 0 atom stereocenters. The van der Waals surface area contributed by atoms with Crippen molar-refractivity contribution in [1.29, 1.82) is 0 Å². The Morgan fingerprint density at radius 2 is 1.90 bits per heavy atom. The van der Waals surface area contributed by atoms with Crippen molar-refractivity contribution in [3.8, 4) is 16.9 Å². The summed E-state index contributed by atoms with van der Waals surface area (Å²) in [5, 5.41) is 16.9. The van der Waals surface area contributed by atoms with E-state index in [1.165, 1.54) is 23.5 Å². The average Bonchev–Trinajstić information content (AvgIpc) is 3.37. The molecule has 0 radical (unpaired) electrons. The molecule has 0 spiro atoms. The van der Waals surface area contributed by atoms with Crippen LogP contribution in [0.5, 0.6) is 0 Å². The number of aryl methyl sites for hydroxylation is 1. The van der Waals surface area contributed by atoms with E-state index in [0.717, 1.165) is 33.2 Å². The molecule has 0 saturated carbocycles. The van der Waals surface area contributed by atoms with Gasteiger partial charge in [-0.2, -0.15) is 13.2 Å². The van der Waals surface area contributed by atoms with Gasteiger partial charge in [-0.05, 0) is 48.5 Å². The van der Waals surface area contributed by atoms with Gasteiger partial charge < -0.3 is 5.32 Å². The lowest BCUT2D eigenvalue weighted by molar-refractivity contribution is -0.137. The number of nitrogens with one attached hydrogen (secondary N) is 1. The molecule has 0 fully saturated rings. The average molecular weight is 430 g/mol. The number of hydrogen-bond donors (Lipinski definition) is 1.